The fraction of sp³-hybridized carbons (Fsp3) is 0.357. The van der Waals surface area contributed by atoms with E-state index >= 15 is 0 Å². The molecule has 2 aromatic rings. The zero-order valence-electron chi connectivity index (χ0n) is 10.3. The third kappa shape index (κ3) is 1.88. The number of likely N-dealkylation sites (N-methyl/N-ethyl adjacent to an activating group) is 1. The van der Waals surface area contributed by atoms with Gasteiger partial charge >= 0.3 is 0 Å². The Morgan fingerprint density at radius 2 is 2.22 bits per heavy atom. The molecule has 1 aromatic heterocycles. The molecule has 0 bridgehead atoms. The maximum Gasteiger partial charge on any atom is 0.242 e. The van der Waals surface area contributed by atoms with Crippen LogP contribution in [0.1, 0.15) is 12.8 Å². The number of benzene rings is 1. The van der Waals surface area contributed by atoms with Crippen molar-refractivity contribution in [1.29, 1.82) is 0 Å². The summed E-state index contributed by atoms with van der Waals surface area (Å²) in [6, 6.07) is 7.07. The highest BCUT2D eigenvalue weighted by Crippen LogP contribution is 2.26. The molecule has 1 aliphatic rings. The van der Waals surface area contributed by atoms with Gasteiger partial charge in [-0.25, -0.2) is 4.39 Å². The van der Waals surface area contributed by atoms with Gasteiger partial charge in [0.15, 0.2) is 0 Å². The van der Waals surface area contributed by atoms with Gasteiger partial charge < -0.3 is 9.47 Å². The molecule has 1 aliphatic carbocycles. The van der Waals surface area contributed by atoms with Crippen molar-refractivity contribution in [3.05, 3.63) is 36.3 Å². The van der Waals surface area contributed by atoms with Crippen molar-refractivity contribution in [1.82, 2.24) is 9.47 Å². The van der Waals surface area contributed by atoms with Gasteiger partial charge in [0.25, 0.3) is 0 Å². The van der Waals surface area contributed by atoms with Gasteiger partial charge in [-0.2, -0.15) is 0 Å². The third-order valence-corrected chi connectivity index (χ3v) is 3.55. The number of carbonyl (C=O) groups excluding carboxylic acids is 1. The van der Waals surface area contributed by atoms with Crippen LogP contribution in [-0.4, -0.2) is 28.5 Å². The number of nitrogens with zero attached hydrogens (tertiary/aromatic N) is 2. The van der Waals surface area contributed by atoms with Crippen molar-refractivity contribution in [3.8, 4) is 0 Å². The first-order chi connectivity index (χ1) is 8.66. The van der Waals surface area contributed by atoms with E-state index in [2.05, 4.69) is 0 Å². The fourth-order valence-electron chi connectivity index (χ4n) is 2.25. The van der Waals surface area contributed by atoms with Crippen molar-refractivity contribution in [2.24, 2.45) is 0 Å². The molecule has 1 aromatic carbocycles. The molecule has 0 unspecified atom stereocenters. The van der Waals surface area contributed by atoms with E-state index in [4.69, 9.17) is 0 Å². The van der Waals surface area contributed by atoms with Gasteiger partial charge in [-0.3, -0.25) is 4.79 Å². The maximum atomic E-state index is 13.5. The average molecular weight is 246 g/mol. The lowest BCUT2D eigenvalue weighted by Gasteiger charge is -2.16. The molecule has 1 fully saturated rings. The molecule has 4 heteroatoms. The van der Waals surface area contributed by atoms with Gasteiger partial charge in [-0.15, -0.1) is 0 Å². The summed E-state index contributed by atoms with van der Waals surface area (Å²) in [6.07, 6.45) is 3.97. The summed E-state index contributed by atoms with van der Waals surface area (Å²) in [5.74, 6) is -0.159. The Balaban J connectivity index is 1.86. The van der Waals surface area contributed by atoms with E-state index in [0.717, 1.165) is 18.4 Å². The smallest absolute Gasteiger partial charge is 0.242 e. The van der Waals surface area contributed by atoms with E-state index in [1.807, 2.05) is 13.1 Å². The van der Waals surface area contributed by atoms with Gasteiger partial charge in [-0.05, 0) is 31.0 Å². The number of halogens is 1. The lowest BCUT2D eigenvalue weighted by Crippen LogP contribution is -2.31. The fourth-order valence-corrected chi connectivity index (χ4v) is 2.25. The lowest BCUT2D eigenvalue weighted by molar-refractivity contribution is -0.130. The molecular formula is C14H15FN2O. The highest BCUT2D eigenvalue weighted by molar-refractivity contribution is 5.83. The van der Waals surface area contributed by atoms with E-state index in [0.29, 0.717) is 11.4 Å². The predicted octanol–water partition coefficient (Wildman–Crippen LogP) is 2.40. The Hall–Kier alpha value is -1.84. The Labute approximate surface area is 105 Å². The number of carbonyl (C=O) groups is 1. The second kappa shape index (κ2) is 4.12. The quantitative estimate of drug-likeness (QED) is 0.816. The molecule has 1 amide bonds. The summed E-state index contributed by atoms with van der Waals surface area (Å²) in [7, 11) is 1.84. The molecular weight excluding hydrogens is 231 g/mol. The highest BCUT2D eigenvalue weighted by atomic mass is 19.1. The van der Waals surface area contributed by atoms with Gasteiger partial charge in [0, 0.05) is 24.7 Å². The Bertz CT molecular complexity index is 601. The van der Waals surface area contributed by atoms with Crippen LogP contribution in [0.25, 0.3) is 10.9 Å². The minimum absolute atomic E-state index is 0.0826. The summed E-state index contributed by atoms with van der Waals surface area (Å²) >= 11 is 0. The van der Waals surface area contributed by atoms with E-state index in [-0.39, 0.29) is 18.3 Å². The molecule has 0 saturated heterocycles. The predicted molar refractivity (Wildman–Crippen MR) is 67.7 cm³/mol. The molecule has 0 spiro atoms. The molecule has 0 atom stereocenters. The first-order valence-electron chi connectivity index (χ1n) is 6.16. The minimum Gasteiger partial charge on any atom is -0.341 e. The highest BCUT2D eigenvalue weighted by Gasteiger charge is 2.29. The summed E-state index contributed by atoms with van der Waals surface area (Å²) in [5, 5.41) is 0.569. The first kappa shape index (κ1) is 11.3. The van der Waals surface area contributed by atoms with Crippen LogP contribution < -0.4 is 0 Å². The van der Waals surface area contributed by atoms with E-state index in [1.54, 1.807) is 27.8 Å². The normalized spacial score (nSPS) is 15.0. The standard InChI is InChI=1S/C14H15FN2O/c1-16(10-5-6-10)14(18)9-17-8-7-11-12(15)3-2-4-13(11)17/h2-4,7-8,10H,5-6,9H2,1H3. The molecule has 18 heavy (non-hydrogen) atoms. The zero-order valence-corrected chi connectivity index (χ0v) is 10.3. The molecule has 0 radical (unpaired) electrons. The molecule has 1 saturated carbocycles. The van der Waals surface area contributed by atoms with Crippen molar-refractivity contribution >= 4 is 16.8 Å². The van der Waals surface area contributed by atoms with Crippen LogP contribution in [0.3, 0.4) is 0 Å². The summed E-state index contributed by atoms with van der Waals surface area (Å²) in [6.45, 7) is 0.278. The molecule has 3 rings (SSSR count). The van der Waals surface area contributed by atoms with Crippen LogP contribution in [0.2, 0.25) is 0 Å². The Kier molecular flexibility index (Phi) is 2.58. The Morgan fingerprint density at radius 1 is 1.44 bits per heavy atom. The Morgan fingerprint density at radius 3 is 2.94 bits per heavy atom. The van der Waals surface area contributed by atoms with Crippen LogP contribution in [0.15, 0.2) is 30.5 Å². The lowest BCUT2D eigenvalue weighted by atomic mass is 10.2. The summed E-state index contributed by atoms with van der Waals surface area (Å²) < 4.78 is 15.3. The number of aromatic nitrogens is 1. The van der Waals surface area contributed by atoms with E-state index in [9.17, 15) is 9.18 Å². The topological polar surface area (TPSA) is 25.2 Å². The molecule has 1 heterocycles. The van der Waals surface area contributed by atoms with Crippen molar-refractivity contribution in [2.75, 3.05) is 7.05 Å². The number of rotatable bonds is 3. The molecule has 0 aliphatic heterocycles. The maximum absolute atomic E-state index is 13.5. The summed E-state index contributed by atoms with van der Waals surface area (Å²) in [4.78, 5) is 13.8. The van der Waals surface area contributed by atoms with Gasteiger partial charge in [0.2, 0.25) is 5.91 Å². The number of amides is 1. The second-order valence-corrected chi connectivity index (χ2v) is 4.85. The third-order valence-electron chi connectivity index (χ3n) is 3.55. The summed E-state index contributed by atoms with van der Waals surface area (Å²) in [5.41, 5.74) is 0.771. The monoisotopic (exact) mass is 246 g/mol. The number of hydrogen-bond donors (Lipinski definition) is 0. The van der Waals surface area contributed by atoms with Gasteiger partial charge in [-0.1, -0.05) is 6.07 Å². The van der Waals surface area contributed by atoms with Crippen LogP contribution in [0, 0.1) is 5.82 Å². The number of fused-ring (bicyclic) bond motifs is 1. The van der Waals surface area contributed by atoms with E-state index < -0.39 is 0 Å². The average Bonchev–Trinajstić information content (AvgIpc) is 3.12. The minimum atomic E-state index is -0.241. The van der Waals surface area contributed by atoms with Crippen LogP contribution in [-0.2, 0) is 11.3 Å². The molecule has 3 nitrogen and oxygen atoms in total. The van der Waals surface area contributed by atoms with Crippen LogP contribution in [0.4, 0.5) is 4.39 Å². The van der Waals surface area contributed by atoms with Crippen molar-refractivity contribution < 1.29 is 9.18 Å². The van der Waals surface area contributed by atoms with Gasteiger partial charge in [0.05, 0.1) is 5.52 Å². The molecule has 94 valence electrons. The second-order valence-electron chi connectivity index (χ2n) is 4.85. The van der Waals surface area contributed by atoms with Gasteiger partial charge in [0.1, 0.15) is 12.4 Å². The van der Waals surface area contributed by atoms with Crippen LogP contribution in [0.5, 0.6) is 0 Å². The molecule has 0 N–H and O–H groups in total. The van der Waals surface area contributed by atoms with Crippen LogP contribution >= 0.6 is 0 Å². The SMILES string of the molecule is CN(C(=O)Cn1ccc2c(F)cccc21)C1CC1. The van der Waals surface area contributed by atoms with E-state index in [1.165, 1.54) is 6.07 Å². The first-order valence-corrected chi connectivity index (χ1v) is 6.16. The zero-order chi connectivity index (χ0) is 12.7. The van der Waals surface area contributed by atoms with Crippen molar-refractivity contribution in [3.63, 3.8) is 0 Å². The number of hydrogen-bond acceptors (Lipinski definition) is 1. The van der Waals surface area contributed by atoms with Crippen molar-refractivity contribution in [2.45, 2.75) is 25.4 Å². The largest absolute Gasteiger partial charge is 0.341 e.